The Morgan fingerprint density at radius 3 is 2.00 bits per heavy atom. The smallest absolute Gasteiger partial charge is 0.0991 e. The van der Waals surface area contributed by atoms with E-state index in [9.17, 15) is 5.26 Å². The number of hydrogen-bond acceptors (Lipinski definition) is 3. The number of pyridine rings is 2. The highest BCUT2D eigenvalue weighted by molar-refractivity contribution is 6.30. The highest BCUT2D eigenvalue weighted by Gasteiger charge is 2.35. The number of nitriles is 1. The Morgan fingerprint density at radius 2 is 1.20 bits per heavy atom. The fourth-order valence-electron chi connectivity index (χ4n) is 7.50. The topological polar surface area (TPSA) is 49.6 Å². The summed E-state index contributed by atoms with van der Waals surface area (Å²) in [6, 6.07) is 45.2. The van der Waals surface area contributed by atoms with Gasteiger partial charge in [-0.1, -0.05) is 98.8 Å². The van der Waals surface area contributed by atoms with E-state index in [0.717, 1.165) is 49.6 Å². The van der Waals surface area contributed by atoms with E-state index in [4.69, 9.17) is 9.97 Å². The summed E-state index contributed by atoms with van der Waals surface area (Å²) < 4.78 is 0. The van der Waals surface area contributed by atoms with E-state index in [1.807, 2.05) is 24.4 Å². The van der Waals surface area contributed by atoms with Crippen LogP contribution in [0.2, 0.25) is 0 Å². The summed E-state index contributed by atoms with van der Waals surface area (Å²) in [5, 5.41) is 16.4. The Balaban J connectivity index is 1.26. The van der Waals surface area contributed by atoms with Crippen molar-refractivity contribution in [3.05, 3.63) is 144 Å². The molecule has 0 spiro atoms. The lowest BCUT2D eigenvalue weighted by molar-refractivity contribution is 0.660. The van der Waals surface area contributed by atoms with Crippen molar-refractivity contribution < 1.29 is 0 Å². The number of aromatic nitrogens is 2. The quantitative estimate of drug-likeness (QED) is 0.193. The molecule has 45 heavy (non-hydrogen) atoms. The molecule has 3 heteroatoms. The Morgan fingerprint density at radius 1 is 0.556 bits per heavy atom. The molecule has 0 N–H and O–H groups in total. The number of benzene rings is 6. The van der Waals surface area contributed by atoms with Gasteiger partial charge in [0.2, 0.25) is 0 Å². The molecule has 8 aromatic rings. The first-order valence-electron chi connectivity index (χ1n) is 15.3. The summed E-state index contributed by atoms with van der Waals surface area (Å²) in [4.78, 5) is 10.4. The van der Waals surface area contributed by atoms with E-state index < -0.39 is 0 Å². The Kier molecular flexibility index (Phi) is 5.31. The third-order valence-corrected chi connectivity index (χ3v) is 9.70. The van der Waals surface area contributed by atoms with Crippen molar-refractivity contribution in [2.24, 2.45) is 0 Å². The van der Waals surface area contributed by atoms with E-state index in [2.05, 4.69) is 123 Å². The number of hydrogen-bond donors (Lipinski definition) is 0. The molecule has 1 aliphatic carbocycles. The average molecular weight is 574 g/mol. The van der Waals surface area contributed by atoms with E-state index >= 15 is 0 Å². The van der Waals surface area contributed by atoms with Crippen molar-refractivity contribution in [3.8, 4) is 39.6 Å². The minimum absolute atomic E-state index is 0.198. The number of rotatable bonds is 2. The highest BCUT2D eigenvalue weighted by atomic mass is 14.7. The first kappa shape index (κ1) is 25.6. The van der Waals surface area contributed by atoms with Gasteiger partial charge in [-0.15, -0.1) is 0 Å². The summed E-state index contributed by atoms with van der Waals surface area (Å²) in [5.74, 6) is 0. The molecule has 0 aliphatic heterocycles. The molecule has 0 bridgehead atoms. The standard InChI is InChI=1S/C42H27N3/c1-42(2)36-21-25(24-43)16-18-31(36)32-19-17-27(23-37(32)42)26-9-7-10-28(22-26)39-35-15-8-20-44-40(35)38-33-13-5-3-11-29(33)30-12-4-6-14-34(30)41(38)45-39/h3-23H,1-2H3. The van der Waals surface area contributed by atoms with Crippen LogP contribution in [0.15, 0.2) is 128 Å². The van der Waals surface area contributed by atoms with Crippen LogP contribution >= 0.6 is 0 Å². The lowest BCUT2D eigenvalue weighted by Crippen LogP contribution is -2.15. The Hall–Kier alpha value is -5.85. The second-order valence-electron chi connectivity index (χ2n) is 12.5. The van der Waals surface area contributed by atoms with Crippen LogP contribution < -0.4 is 0 Å². The van der Waals surface area contributed by atoms with Crippen LogP contribution in [0.25, 0.3) is 76.9 Å². The molecule has 0 unspecified atom stereocenters. The second-order valence-corrected chi connectivity index (χ2v) is 12.5. The third-order valence-electron chi connectivity index (χ3n) is 9.70. The summed E-state index contributed by atoms with van der Waals surface area (Å²) in [6.45, 7) is 4.51. The molecule has 2 heterocycles. The minimum Gasteiger partial charge on any atom is -0.255 e. The lowest BCUT2D eigenvalue weighted by Gasteiger charge is -2.22. The summed E-state index contributed by atoms with van der Waals surface area (Å²) in [7, 11) is 0. The fourth-order valence-corrected chi connectivity index (χ4v) is 7.50. The zero-order valence-corrected chi connectivity index (χ0v) is 25.0. The summed E-state index contributed by atoms with van der Waals surface area (Å²) in [6.07, 6.45) is 1.88. The van der Waals surface area contributed by atoms with Crippen LogP contribution in [0.1, 0.15) is 30.5 Å². The van der Waals surface area contributed by atoms with E-state index in [-0.39, 0.29) is 5.41 Å². The molecule has 9 rings (SSSR count). The molecule has 1 aliphatic rings. The Bertz CT molecular complexity index is 2590. The molecule has 6 aromatic carbocycles. The van der Waals surface area contributed by atoms with Crippen molar-refractivity contribution in [2.45, 2.75) is 19.3 Å². The molecule has 0 saturated heterocycles. The normalized spacial score (nSPS) is 13.3. The van der Waals surface area contributed by atoms with Crippen LogP contribution in [0.3, 0.4) is 0 Å². The molecule has 0 saturated carbocycles. The maximum Gasteiger partial charge on any atom is 0.0991 e. The molecule has 0 fully saturated rings. The molecule has 3 nitrogen and oxygen atoms in total. The first-order valence-corrected chi connectivity index (χ1v) is 15.3. The van der Waals surface area contributed by atoms with Gasteiger partial charge in [-0.2, -0.15) is 5.26 Å². The van der Waals surface area contributed by atoms with Gasteiger partial charge < -0.3 is 0 Å². The van der Waals surface area contributed by atoms with Crippen LogP contribution in [0.4, 0.5) is 0 Å². The van der Waals surface area contributed by atoms with Gasteiger partial charge in [0.05, 0.1) is 28.4 Å². The molecule has 2 aromatic heterocycles. The van der Waals surface area contributed by atoms with Crippen LogP contribution in [-0.2, 0) is 5.41 Å². The molecular formula is C42H27N3. The summed E-state index contributed by atoms with van der Waals surface area (Å²) >= 11 is 0. The molecular weight excluding hydrogens is 546 g/mol. The predicted molar refractivity (Wildman–Crippen MR) is 185 cm³/mol. The van der Waals surface area contributed by atoms with Crippen LogP contribution in [-0.4, -0.2) is 9.97 Å². The molecule has 0 atom stereocenters. The largest absolute Gasteiger partial charge is 0.255 e. The van der Waals surface area contributed by atoms with E-state index in [1.54, 1.807) is 0 Å². The maximum atomic E-state index is 9.53. The van der Waals surface area contributed by atoms with Crippen molar-refractivity contribution in [1.29, 1.82) is 5.26 Å². The highest BCUT2D eigenvalue weighted by Crippen LogP contribution is 2.50. The monoisotopic (exact) mass is 573 g/mol. The fraction of sp³-hybridized carbons (Fsp3) is 0.0714. The lowest BCUT2D eigenvalue weighted by atomic mass is 9.81. The van der Waals surface area contributed by atoms with Crippen LogP contribution in [0, 0.1) is 11.3 Å². The number of fused-ring (bicyclic) bond motifs is 11. The van der Waals surface area contributed by atoms with Crippen molar-refractivity contribution >= 4 is 43.4 Å². The van der Waals surface area contributed by atoms with Gasteiger partial charge in [0.25, 0.3) is 0 Å². The zero-order chi connectivity index (χ0) is 30.3. The Labute approximate surface area is 261 Å². The predicted octanol–water partition coefficient (Wildman–Crippen LogP) is 10.6. The van der Waals surface area contributed by atoms with E-state index in [0.29, 0.717) is 5.56 Å². The van der Waals surface area contributed by atoms with Gasteiger partial charge in [-0.05, 0) is 85.9 Å². The van der Waals surface area contributed by atoms with Gasteiger partial charge in [-0.3, -0.25) is 4.98 Å². The van der Waals surface area contributed by atoms with Crippen molar-refractivity contribution in [1.82, 2.24) is 9.97 Å². The van der Waals surface area contributed by atoms with Gasteiger partial charge in [-0.25, -0.2) is 4.98 Å². The van der Waals surface area contributed by atoms with Gasteiger partial charge in [0.1, 0.15) is 0 Å². The third kappa shape index (κ3) is 3.63. The first-order chi connectivity index (χ1) is 22.0. The minimum atomic E-state index is -0.198. The zero-order valence-electron chi connectivity index (χ0n) is 25.0. The number of nitrogens with zero attached hydrogens (tertiary/aromatic N) is 3. The molecule has 0 radical (unpaired) electrons. The van der Waals surface area contributed by atoms with E-state index in [1.165, 1.54) is 38.4 Å². The maximum absolute atomic E-state index is 9.53. The van der Waals surface area contributed by atoms with Crippen molar-refractivity contribution in [3.63, 3.8) is 0 Å². The molecule has 0 amide bonds. The SMILES string of the molecule is CC1(C)c2cc(C#N)ccc2-c2ccc(-c3cccc(-c4nc5c6ccccc6c6ccccc6c5c5ncccc45)c3)cc21. The molecule has 210 valence electrons. The average Bonchev–Trinajstić information content (AvgIpc) is 3.32. The summed E-state index contributed by atoms with van der Waals surface area (Å²) in [5.41, 5.74) is 11.7. The van der Waals surface area contributed by atoms with Crippen molar-refractivity contribution in [2.75, 3.05) is 0 Å². The van der Waals surface area contributed by atoms with Gasteiger partial charge in [0.15, 0.2) is 0 Å². The van der Waals surface area contributed by atoms with Gasteiger partial charge in [0, 0.05) is 33.3 Å². The van der Waals surface area contributed by atoms with Gasteiger partial charge >= 0.3 is 0 Å². The van der Waals surface area contributed by atoms with Crippen LogP contribution in [0.5, 0.6) is 0 Å². The second kappa shape index (κ2) is 9.32.